The number of halogens is 1. The zero-order valence-electron chi connectivity index (χ0n) is 15.1. The highest BCUT2D eigenvalue weighted by Crippen LogP contribution is 2.23. The number of hydrogen-bond acceptors (Lipinski definition) is 3. The molecule has 2 aromatic rings. The molecule has 0 aliphatic carbocycles. The number of nitrogens with zero attached hydrogens (tertiary/aromatic N) is 2. The summed E-state index contributed by atoms with van der Waals surface area (Å²) in [4.78, 5) is 24.4. The van der Waals surface area contributed by atoms with Gasteiger partial charge in [-0.25, -0.2) is 0 Å². The van der Waals surface area contributed by atoms with E-state index in [0.717, 1.165) is 5.69 Å². The molecule has 0 radical (unpaired) electrons. The number of amides is 2. The van der Waals surface area contributed by atoms with Gasteiger partial charge in [-0.15, -0.1) is 0 Å². The standard InChI is InChI=1S/C18H23ClN4O2/c1-11(2)15-10-14(22-23(15)18(3,4)5)17(25)21-20-16(24)12-6-8-13(19)9-7-12/h6-11H,1-5H3,(H,20,24)(H,21,25). The maximum atomic E-state index is 12.3. The Bertz CT molecular complexity index is 773. The normalized spacial score (nSPS) is 11.5. The molecular weight excluding hydrogens is 340 g/mol. The molecule has 1 aromatic carbocycles. The molecule has 7 heteroatoms. The summed E-state index contributed by atoms with van der Waals surface area (Å²) in [6.07, 6.45) is 0. The first-order valence-electron chi connectivity index (χ1n) is 8.06. The molecule has 0 atom stereocenters. The summed E-state index contributed by atoms with van der Waals surface area (Å²) in [5.41, 5.74) is 6.15. The Morgan fingerprint density at radius 2 is 1.64 bits per heavy atom. The molecule has 0 fully saturated rings. The molecule has 25 heavy (non-hydrogen) atoms. The highest BCUT2D eigenvalue weighted by atomic mass is 35.5. The SMILES string of the molecule is CC(C)c1cc(C(=O)NNC(=O)c2ccc(Cl)cc2)nn1C(C)(C)C. The van der Waals surface area contributed by atoms with Crippen LogP contribution in [0.3, 0.4) is 0 Å². The van der Waals surface area contributed by atoms with Gasteiger partial charge in [0.25, 0.3) is 11.8 Å². The molecule has 2 N–H and O–H groups in total. The topological polar surface area (TPSA) is 76.0 Å². The lowest BCUT2D eigenvalue weighted by Gasteiger charge is -2.23. The molecular formula is C18H23ClN4O2. The predicted molar refractivity (Wildman–Crippen MR) is 97.7 cm³/mol. The van der Waals surface area contributed by atoms with Crippen molar-refractivity contribution in [1.82, 2.24) is 20.6 Å². The van der Waals surface area contributed by atoms with Crippen molar-refractivity contribution in [3.63, 3.8) is 0 Å². The maximum Gasteiger partial charge on any atom is 0.290 e. The lowest BCUT2D eigenvalue weighted by atomic mass is 10.1. The third-order valence-electron chi connectivity index (χ3n) is 3.59. The third-order valence-corrected chi connectivity index (χ3v) is 3.84. The number of aromatic nitrogens is 2. The van der Waals surface area contributed by atoms with Crippen LogP contribution in [0.5, 0.6) is 0 Å². The Morgan fingerprint density at radius 1 is 1.08 bits per heavy atom. The van der Waals surface area contributed by atoms with Crippen molar-refractivity contribution in [2.24, 2.45) is 0 Å². The molecule has 2 amide bonds. The van der Waals surface area contributed by atoms with Crippen molar-refractivity contribution in [3.05, 3.63) is 52.3 Å². The molecule has 0 spiro atoms. The van der Waals surface area contributed by atoms with Crippen molar-refractivity contribution < 1.29 is 9.59 Å². The van der Waals surface area contributed by atoms with Gasteiger partial charge in [-0.2, -0.15) is 5.10 Å². The first-order chi connectivity index (χ1) is 11.6. The average Bonchev–Trinajstić information content (AvgIpc) is 2.99. The molecule has 0 bridgehead atoms. The molecule has 6 nitrogen and oxygen atoms in total. The van der Waals surface area contributed by atoms with Crippen molar-refractivity contribution in [3.8, 4) is 0 Å². The van der Waals surface area contributed by atoms with E-state index >= 15 is 0 Å². The van der Waals surface area contributed by atoms with Gasteiger partial charge in [0.2, 0.25) is 0 Å². The van der Waals surface area contributed by atoms with Crippen molar-refractivity contribution >= 4 is 23.4 Å². The first kappa shape index (κ1) is 19.0. The zero-order valence-corrected chi connectivity index (χ0v) is 15.8. The van der Waals surface area contributed by atoms with Crippen LogP contribution in [0.4, 0.5) is 0 Å². The quantitative estimate of drug-likeness (QED) is 0.820. The number of rotatable bonds is 3. The van der Waals surface area contributed by atoms with Crippen molar-refractivity contribution in [1.29, 1.82) is 0 Å². The molecule has 0 aliphatic rings. The van der Waals surface area contributed by atoms with Crippen LogP contribution in [0.2, 0.25) is 5.02 Å². The number of hydrazine groups is 1. The Kier molecular flexibility index (Phi) is 5.52. The monoisotopic (exact) mass is 362 g/mol. The minimum atomic E-state index is -0.466. The van der Waals surface area contributed by atoms with Crippen LogP contribution in [-0.4, -0.2) is 21.6 Å². The second kappa shape index (κ2) is 7.27. The summed E-state index contributed by atoms with van der Waals surface area (Å²) >= 11 is 5.79. The van der Waals surface area contributed by atoms with Crippen molar-refractivity contribution in [2.75, 3.05) is 0 Å². The molecule has 1 heterocycles. The minimum absolute atomic E-state index is 0.219. The van der Waals surface area contributed by atoms with Gasteiger partial charge < -0.3 is 0 Å². The smallest absolute Gasteiger partial charge is 0.267 e. The summed E-state index contributed by atoms with van der Waals surface area (Å²) < 4.78 is 1.84. The van der Waals surface area contributed by atoms with Gasteiger partial charge in [-0.05, 0) is 57.0 Å². The van der Waals surface area contributed by atoms with E-state index in [2.05, 4.69) is 16.0 Å². The Labute approximate surface area is 152 Å². The van der Waals surface area contributed by atoms with Crippen LogP contribution in [0.15, 0.2) is 30.3 Å². The number of nitrogens with one attached hydrogen (secondary N) is 2. The minimum Gasteiger partial charge on any atom is -0.267 e. The zero-order chi connectivity index (χ0) is 18.8. The summed E-state index contributed by atoms with van der Waals surface area (Å²) in [5.74, 6) is -0.673. The van der Waals surface area contributed by atoms with E-state index < -0.39 is 11.8 Å². The second-order valence-electron chi connectivity index (χ2n) is 7.11. The first-order valence-corrected chi connectivity index (χ1v) is 8.44. The Balaban J connectivity index is 2.11. The summed E-state index contributed by atoms with van der Waals surface area (Å²) in [7, 11) is 0. The fraction of sp³-hybridized carbons (Fsp3) is 0.389. The average molecular weight is 363 g/mol. The molecule has 134 valence electrons. The Hall–Kier alpha value is -2.34. The van der Waals surface area contributed by atoms with E-state index in [1.54, 1.807) is 30.3 Å². The van der Waals surface area contributed by atoms with E-state index in [1.807, 2.05) is 39.3 Å². The maximum absolute atomic E-state index is 12.3. The molecule has 0 unspecified atom stereocenters. The lowest BCUT2D eigenvalue weighted by molar-refractivity contribution is 0.0843. The molecule has 0 saturated heterocycles. The summed E-state index contributed by atoms with van der Waals surface area (Å²) in [5, 5.41) is 4.94. The molecule has 2 rings (SSSR count). The van der Waals surface area contributed by atoms with Gasteiger partial charge in [0, 0.05) is 16.3 Å². The van der Waals surface area contributed by atoms with E-state index in [4.69, 9.17) is 11.6 Å². The van der Waals surface area contributed by atoms with Crippen LogP contribution in [0.1, 0.15) is 67.1 Å². The number of carbonyl (C=O) groups is 2. The molecule has 0 aliphatic heterocycles. The molecule has 1 aromatic heterocycles. The van der Waals surface area contributed by atoms with Gasteiger partial charge in [0.1, 0.15) is 0 Å². The van der Waals surface area contributed by atoms with E-state index in [9.17, 15) is 9.59 Å². The number of carbonyl (C=O) groups excluding carboxylic acids is 2. The van der Waals surface area contributed by atoms with Crippen molar-refractivity contribution in [2.45, 2.75) is 46.1 Å². The lowest BCUT2D eigenvalue weighted by Crippen LogP contribution is -2.41. The van der Waals surface area contributed by atoms with Gasteiger partial charge in [-0.1, -0.05) is 25.4 Å². The van der Waals surface area contributed by atoms with Gasteiger partial charge in [0.05, 0.1) is 5.54 Å². The van der Waals surface area contributed by atoms with Gasteiger partial charge in [0.15, 0.2) is 5.69 Å². The number of hydrogen-bond donors (Lipinski definition) is 2. The third kappa shape index (κ3) is 4.60. The van der Waals surface area contributed by atoms with E-state index in [0.29, 0.717) is 10.6 Å². The summed E-state index contributed by atoms with van der Waals surface area (Å²) in [6.45, 7) is 10.2. The van der Waals surface area contributed by atoms with E-state index in [-0.39, 0.29) is 17.2 Å². The highest BCUT2D eigenvalue weighted by Gasteiger charge is 2.23. The predicted octanol–water partition coefficient (Wildman–Crippen LogP) is 3.49. The Morgan fingerprint density at radius 3 is 2.12 bits per heavy atom. The molecule has 0 saturated carbocycles. The summed E-state index contributed by atoms with van der Waals surface area (Å²) in [6, 6.07) is 8.13. The van der Waals surface area contributed by atoms with Crippen LogP contribution in [0.25, 0.3) is 0 Å². The fourth-order valence-corrected chi connectivity index (χ4v) is 2.43. The second-order valence-corrected chi connectivity index (χ2v) is 7.54. The van der Waals surface area contributed by atoms with E-state index in [1.165, 1.54) is 0 Å². The van der Waals surface area contributed by atoms with Crippen LogP contribution in [0, 0.1) is 0 Å². The van der Waals surface area contributed by atoms with Gasteiger partial charge in [-0.3, -0.25) is 25.1 Å². The van der Waals surface area contributed by atoms with Crippen LogP contribution < -0.4 is 10.9 Å². The fourth-order valence-electron chi connectivity index (χ4n) is 2.31. The largest absolute Gasteiger partial charge is 0.290 e. The highest BCUT2D eigenvalue weighted by molar-refractivity contribution is 6.30. The van der Waals surface area contributed by atoms with Gasteiger partial charge >= 0.3 is 0 Å². The van der Waals surface area contributed by atoms with Crippen LogP contribution >= 0.6 is 11.6 Å². The number of benzene rings is 1. The van der Waals surface area contributed by atoms with Crippen LogP contribution in [-0.2, 0) is 5.54 Å².